The summed E-state index contributed by atoms with van der Waals surface area (Å²) in [4.78, 5) is 41.9. The first-order valence-corrected chi connectivity index (χ1v) is 6.63. The van der Waals surface area contributed by atoms with E-state index in [4.69, 9.17) is 4.74 Å². The van der Waals surface area contributed by atoms with E-state index >= 15 is 0 Å². The molecule has 0 amide bonds. The highest BCUT2D eigenvalue weighted by Gasteiger charge is 2.25. The molecule has 25 heavy (non-hydrogen) atoms. The van der Waals surface area contributed by atoms with E-state index in [1.165, 1.54) is 24.3 Å². The lowest BCUT2D eigenvalue weighted by Gasteiger charge is -2.05. The molecule has 0 fully saturated rings. The summed E-state index contributed by atoms with van der Waals surface area (Å²) in [6.07, 6.45) is 0. The molecule has 2 aromatic carbocycles. The first-order chi connectivity index (χ1) is 11.8. The number of benzene rings is 2. The van der Waals surface area contributed by atoms with Crippen molar-refractivity contribution in [2.24, 2.45) is 0 Å². The van der Waals surface area contributed by atoms with Crippen LogP contribution in [0.5, 0.6) is 0 Å². The summed E-state index contributed by atoms with van der Waals surface area (Å²) in [5.74, 6) is -1.04. The molecule has 0 saturated heterocycles. The number of nitro groups is 3. The van der Waals surface area contributed by atoms with Crippen molar-refractivity contribution in [2.45, 2.75) is 6.61 Å². The maximum absolute atomic E-state index is 12.0. The summed E-state index contributed by atoms with van der Waals surface area (Å²) in [6, 6.07) is 7.74. The quantitative estimate of drug-likeness (QED) is 0.438. The van der Waals surface area contributed by atoms with Gasteiger partial charge in [-0.25, -0.2) is 4.79 Å². The molecule has 0 aliphatic rings. The fourth-order valence-electron chi connectivity index (χ4n) is 1.90. The monoisotopic (exact) mass is 347 g/mol. The van der Waals surface area contributed by atoms with Crippen LogP contribution in [0.2, 0.25) is 0 Å². The predicted octanol–water partition coefficient (Wildman–Crippen LogP) is 2.77. The van der Waals surface area contributed by atoms with Crippen LogP contribution in [-0.2, 0) is 11.3 Å². The Hall–Kier alpha value is -3.89. The highest BCUT2D eigenvalue weighted by Crippen LogP contribution is 2.25. The SMILES string of the molecule is O=C(OCc1ccc([N+](=O)[O-])cc1)c1ccc([N+](=O)[O-])cc1[N+](=O)[O-]. The van der Waals surface area contributed by atoms with E-state index in [2.05, 4.69) is 0 Å². The van der Waals surface area contributed by atoms with Crippen molar-refractivity contribution in [1.29, 1.82) is 0 Å². The Morgan fingerprint density at radius 1 is 0.840 bits per heavy atom. The number of hydrogen-bond donors (Lipinski definition) is 0. The molecule has 0 unspecified atom stereocenters. The van der Waals surface area contributed by atoms with Gasteiger partial charge in [0.25, 0.3) is 17.1 Å². The molecular weight excluding hydrogens is 338 g/mol. The zero-order valence-electron chi connectivity index (χ0n) is 12.4. The minimum absolute atomic E-state index is 0.138. The molecule has 128 valence electrons. The van der Waals surface area contributed by atoms with Gasteiger partial charge in [0.2, 0.25) is 0 Å². The smallest absolute Gasteiger partial charge is 0.345 e. The molecule has 0 heterocycles. The maximum Gasteiger partial charge on any atom is 0.345 e. The van der Waals surface area contributed by atoms with Crippen LogP contribution in [-0.4, -0.2) is 20.7 Å². The molecule has 0 aromatic heterocycles. The summed E-state index contributed by atoms with van der Waals surface area (Å²) in [5.41, 5.74) is -1.41. The first-order valence-electron chi connectivity index (χ1n) is 6.63. The van der Waals surface area contributed by atoms with Gasteiger partial charge in [0.15, 0.2) is 0 Å². The lowest BCUT2D eigenvalue weighted by atomic mass is 10.1. The molecule has 0 spiro atoms. The van der Waals surface area contributed by atoms with E-state index in [1.807, 2.05) is 0 Å². The van der Waals surface area contributed by atoms with Gasteiger partial charge in [0, 0.05) is 18.2 Å². The van der Waals surface area contributed by atoms with E-state index in [9.17, 15) is 35.1 Å². The van der Waals surface area contributed by atoms with Gasteiger partial charge in [-0.2, -0.15) is 0 Å². The summed E-state index contributed by atoms with van der Waals surface area (Å²) >= 11 is 0. The van der Waals surface area contributed by atoms with Crippen molar-refractivity contribution in [3.8, 4) is 0 Å². The number of rotatable bonds is 6. The molecule has 0 atom stereocenters. The van der Waals surface area contributed by atoms with E-state index < -0.39 is 37.7 Å². The van der Waals surface area contributed by atoms with Gasteiger partial charge < -0.3 is 4.74 Å². The molecule has 11 heteroatoms. The van der Waals surface area contributed by atoms with Crippen molar-refractivity contribution in [1.82, 2.24) is 0 Å². The molecule has 0 bridgehead atoms. The van der Waals surface area contributed by atoms with E-state index in [0.717, 1.165) is 12.1 Å². The Bertz CT molecular complexity index is 863. The Morgan fingerprint density at radius 2 is 1.40 bits per heavy atom. The van der Waals surface area contributed by atoms with Crippen LogP contribution in [0, 0.1) is 30.3 Å². The second kappa shape index (κ2) is 7.12. The zero-order valence-corrected chi connectivity index (χ0v) is 12.4. The van der Waals surface area contributed by atoms with Crippen LogP contribution < -0.4 is 0 Å². The van der Waals surface area contributed by atoms with Crippen LogP contribution in [0.1, 0.15) is 15.9 Å². The van der Waals surface area contributed by atoms with E-state index in [-0.39, 0.29) is 12.3 Å². The number of hydrogen-bond acceptors (Lipinski definition) is 8. The highest BCUT2D eigenvalue weighted by atomic mass is 16.6. The van der Waals surface area contributed by atoms with Crippen LogP contribution >= 0.6 is 0 Å². The van der Waals surface area contributed by atoms with Crippen LogP contribution in [0.25, 0.3) is 0 Å². The van der Waals surface area contributed by atoms with Gasteiger partial charge in [0.1, 0.15) is 12.2 Å². The largest absolute Gasteiger partial charge is 0.457 e. The molecule has 11 nitrogen and oxygen atoms in total. The lowest BCUT2D eigenvalue weighted by Crippen LogP contribution is -2.09. The minimum Gasteiger partial charge on any atom is -0.457 e. The van der Waals surface area contributed by atoms with Gasteiger partial charge in [-0.3, -0.25) is 30.3 Å². The topological polar surface area (TPSA) is 156 Å². The number of non-ortho nitro benzene ring substituents is 2. The van der Waals surface area contributed by atoms with Gasteiger partial charge in [-0.1, -0.05) is 0 Å². The molecule has 2 aromatic rings. The number of nitrogens with zero attached hydrogens (tertiary/aromatic N) is 3. The second-order valence-electron chi connectivity index (χ2n) is 4.72. The number of carbonyl (C=O) groups excluding carboxylic acids is 1. The standard InChI is InChI=1S/C14H9N3O8/c18-14(25-8-9-1-3-10(4-2-9)15(19)20)12-6-5-11(16(21)22)7-13(12)17(23)24/h1-7H,8H2. The van der Waals surface area contributed by atoms with Gasteiger partial charge >= 0.3 is 5.97 Å². The molecule has 0 radical (unpaired) electrons. The molecule has 0 aliphatic carbocycles. The predicted molar refractivity (Wildman–Crippen MR) is 82.0 cm³/mol. The number of ether oxygens (including phenoxy) is 1. The third-order valence-electron chi connectivity index (χ3n) is 3.13. The summed E-state index contributed by atoms with van der Waals surface area (Å²) in [7, 11) is 0. The van der Waals surface area contributed by atoms with Crippen LogP contribution in [0.3, 0.4) is 0 Å². The van der Waals surface area contributed by atoms with Gasteiger partial charge in [-0.15, -0.1) is 0 Å². The molecule has 0 aliphatic heterocycles. The summed E-state index contributed by atoms with van der Waals surface area (Å²) in [6.45, 7) is -0.273. The second-order valence-corrected chi connectivity index (χ2v) is 4.72. The van der Waals surface area contributed by atoms with Crippen molar-refractivity contribution in [3.63, 3.8) is 0 Å². The fourth-order valence-corrected chi connectivity index (χ4v) is 1.90. The first kappa shape index (κ1) is 17.5. The maximum atomic E-state index is 12.0. The average Bonchev–Trinajstić information content (AvgIpc) is 2.59. The molecule has 0 saturated carbocycles. The van der Waals surface area contributed by atoms with Crippen LogP contribution in [0.15, 0.2) is 42.5 Å². The van der Waals surface area contributed by atoms with Gasteiger partial charge in [-0.05, 0) is 23.8 Å². The third-order valence-corrected chi connectivity index (χ3v) is 3.13. The van der Waals surface area contributed by atoms with Crippen molar-refractivity contribution in [2.75, 3.05) is 0 Å². The number of nitro benzene ring substituents is 3. The normalized spacial score (nSPS) is 10.1. The fraction of sp³-hybridized carbons (Fsp3) is 0.0714. The molecule has 0 N–H and O–H groups in total. The Morgan fingerprint density at radius 3 is 1.92 bits per heavy atom. The van der Waals surface area contributed by atoms with E-state index in [1.54, 1.807) is 0 Å². The van der Waals surface area contributed by atoms with Crippen molar-refractivity contribution < 1.29 is 24.3 Å². The summed E-state index contributed by atoms with van der Waals surface area (Å²) < 4.78 is 4.92. The number of esters is 1. The zero-order chi connectivity index (χ0) is 18.6. The summed E-state index contributed by atoms with van der Waals surface area (Å²) in [5, 5.41) is 32.2. The lowest BCUT2D eigenvalue weighted by molar-refractivity contribution is -0.394. The number of carbonyl (C=O) groups is 1. The molecule has 2 rings (SSSR count). The van der Waals surface area contributed by atoms with E-state index in [0.29, 0.717) is 11.6 Å². The van der Waals surface area contributed by atoms with Gasteiger partial charge in [0.05, 0.1) is 20.8 Å². The van der Waals surface area contributed by atoms with Crippen LogP contribution in [0.4, 0.5) is 17.1 Å². The Kier molecular flexibility index (Phi) is 4.98. The third kappa shape index (κ3) is 4.10. The average molecular weight is 347 g/mol. The molecular formula is C14H9N3O8. The highest BCUT2D eigenvalue weighted by molar-refractivity contribution is 5.94. The van der Waals surface area contributed by atoms with Crippen molar-refractivity contribution in [3.05, 3.63) is 83.9 Å². The minimum atomic E-state index is -1.04. The Labute approximate surface area is 138 Å². The van der Waals surface area contributed by atoms with Crippen molar-refractivity contribution >= 4 is 23.0 Å². The Balaban J connectivity index is 2.16.